The van der Waals surface area contributed by atoms with Gasteiger partial charge >= 0.3 is 0 Å². The number of aromatic nitrogens is 1. The largest absolute Gasteiger partial charge is 0.336 e. The molecular weight excluding hydrogens is 368 g/mol. The predicted molar refractivity (Wildman–Crippen MR) is 103 cm³/mol. The van der Waals surface area contributed by atoms with Crippen LogP contribution in [-0.2, 0) is 10.0 Å². The van der Waals surface area contributed by atoms with E-state index in [1.54, 1.807) is 24.8 Å². The number of hydrogen-bond acceptors (Lipinski definition) is 5. The van der Waals surface area contributed by atoms with E-state index in [4.69, 9.17) is 0 Å². The Balaban J connectivity index is 2.14. The van der Waals surface area contributed by atoms with Gasteiger partial charge in [0.05, 0.1) is 10.5 Å². The van der Waals surface area contributed by atoms with Gasteiger partial charge in [-0.1, -0.05) is 13.8 Å². The normalized spacial score (nSPS) is 15.4. The number of pyridine rings is 1. The van der Waals surface area contributed by atoms with Crippen molar-refractivity contribution in [1.29, 1.82) is 0 Å². The van der Waals surface area contributed by atoms with Crippen molar-refractivity contribution in [3.63, 3.8) is 0 Å². The number of piperazine rings is 1. The summed E-state index contributed by atoms with van der Waals surface area (Å²) in [6.45, 7) is 6.74. The number of benzene rings is 1. The molecule has 3 rings (SSSR count). The lowest BCUT2D eigenvalue weighted by atomic mass is 10.1. The third-order valence-electron chi connectivity index (χ3n) is 4.79. The Morgan fingerprint density at radius 1 is 1.15 bits per heavy atom. The quantitative estimate of drug-likeness (QED) is 0.776. The minimum atomic E-state index is -3.66. The molecule has 0 radical (unpaired) electrons. The number of aromatic amines is 1. The molecule has 0 aliphatic carbocycles. The molecule has 1 saturated heterocycles. The second kappa shape index (κ2) is 7.79. The molecule has 8 nitrogen and oxygen atoms in total. The summed E-state index contributed by atoms with van der Waals surface area (Å²) >= 11 is 0. The minimum absolute atomic E-state index is 0.111. The van der Waals surface area contributed by atoms with E-state index in [1.807, 2.05) is 0 Å². The van der Waals surface area contributed by atoms with Crippen LogP contribution in [0.4, 0.5) is 0 Å². The molecule has 2 heterocycles. The standard InChI is InChI=1S/C18H24N4O4S/c1-3-22(4-2)27(25,26)13-5-6-16-14(11-13)15(12-17(23)20-16)18(24)21-9-7-19-8-10-21/h5-6,11-12,19H,3-4,7-10H2,1-2H3,(H,20,23). The molecule has 1 aromatic heterocycles. The molecule has 2 N–H and O–H groups in total. The number of nitrogens with zero attached hydrogens (tertiary/aromatic N) is 2. The first-order valence-corrected chi connectivity index (χ1v) is 10.5. The summed E-state index contributed by atoms with van der Waals surface area (Å²) in [5.41, 5.74) is 0.284. The number of amides is 1. The van der Waals surface area contributed by atoms with Crippen molar-refractivity contribution >= 4 is 26.8 Å². The highest BCUT2D eigenvalue weighted by Gasteiger charge is 2.25. The van der Waals surface area contributed by atoms with Crippen molar-refractivity contribution < 1.29 is 13.2 Å². The average Bonchev–Trinajstić information content (AvgIpc) is 2.67. The van der Waals surface area contributed by atoms with Crippen LogP contribution in [-0.4, -0.2) is 67.8 Å². The number of rotatable bonds is 5. The minimum Gasteiger partial charge on any atom is -0.336 e. The number of H-pyrrole nitrogens is 1. The molecule has 9 heteroatoms. The Bertz CT molecular complexity index is 1010. The highest BCUT2D eigenvalue weighted by atomic mass is 32.2. The molecule has 1 aliphatic heterocycles. The van der Waals surface area contributed by atoms with Crippen LogP contribution < -0.4 is 10.9 Å². The van der Waals surface area contributed by atoms with E-state index in [0.717, 1.165) is 0 Å². The summed E-state index contributed by atoms with van der Waals surface area (Å²) in [6.07, 6.45) is 0. The highest BCUT2D eigenvalue weighted by molar-refractivity contribution is 7.89. The van der Waals surface area contributed by atoms with Gasteiger partial charge in [0.1, 0.15) is 0 Å². The van der Waals surface area contributed by atoms with Gasteiger partial charge in [-0.3, -0.25) is 9.59 Å². The second-order valence-corrected chi connectivity index (χ2v) is 8.32. The first kappa shape index (κ1) is 19.5. The van der Waals surface area contributed by atoms with Gasteiger partial charge in [-0.25, -0.2) is 8.42 Å². The van der Waals surface area contributed by atoms with Crippen molar-refractivity contribution in [2.24, 2.45) is 0 Å². The van der Waals surface area contributed by atoms with Crippen LogP contribution in [0, 0.1) is 0 Å². The fourth-order valence-corrected chi connectivity index (χ4v) is 4.81. The molecule has 0 atom stereocenters. The Kier molecular flexibility index (Phi) is 5.64. The lowest BCUT2D eigenvalue weighted by molar-refractivity contribution is 0.0737. The lowest BCUT2D eigenvalue weighted by Crippen LogP contribution is -2.46. The van der Waals surface area contributed by atoms with E-state index < -0.39 is 10.0 Å². The van der Waals surface area contributed by atoms with Crippen molar-refractivity contribution in [1.82, 2.24) is 19.5 Å². The number of sulfonamides is 1. The number of fused-ring (bicyclic) bond motifs is 1. The fraction of sp³-hybridized carbons (Fsp3) is 0.444. The summed E-state index contributed by atoms with van der Waals surface area (Å²) in [6, 6.07) is 5.74. The number of hydrogen-bond donors (Lipinski definition) is 2. The first-order valence-electron chi connectivity index (χ1n) is 9.05. The molecule has 0 bridgehead atoms. The van der Waals surface area contributed by atoms with Crippen molar-refractivity contribution in [2.75, 3.05) is 39.3 Å². The Hall–Kier alpha value is -2.23. The molecule has 1 aliphatic rings. The molecular formula is C18H24N4O4S. The monoisotopic (exact) mass is 392 g/mol. The summed E-state index contributed by atoms with van der Waals surface area (Å²) in [7, 11) is -3.66. The SMILES string of the molecule is CCN(CC)S(=O)(=O)c1ccc2[nH]c(=O)cc(C(=O)N3CCNCC3)c2c1. The third kappa shape index (κ3) is 3.76. The van der Waals surface area contributed by atoms with Gasteiger partial charge in [-0.05, 0) is 18.2 Å². The number of nitrogens with one attached hydrogen (secondary N) is 2. The molecule has 2 aromatic rings. The first-order chi connectivity index (χ1) is 12.9. The molecule has 146 valence electrons. The average molecular weight is 392 g/mol. The van der Waals surface area contributed by atoms with E-state index in [9.17, 15) is 18.0 Å². The van der Waals surface area contributed by atoms with Crippen LogP contribution in [0.2, 0.25) is 0 Å². The summed E-state index contributed by atoms with van der Waals surface area (Å²) < 4.78 is 27.0. The van der Waals surface area contributed by atoms with E-state index in [-0.39, 0.29) is 21.9 Å². The molecule has 0 unspecified atom stereocenters. The maximum atomic E-state index is 13.0. The van der Waals surface area contributed by atoms with E-state index >= 15 is 0 Å². The molecule has 1 aromatic carbocycles. The summed E-state index contributed by atoms with van der Waals surface area (Å²) in [5, 5.41) is 3.61. The van der Waals surface area contributed by atoms with Crippen LogP contribution in [0.5, 0.6) is 0 Å². The summed E-state index contributed by atoms with van der Waals surface area (Å²) in [4.78, 5) is 29.4. The van der Waals surface area contributed by atoms with E-state index in [0.29, 0.717) is 50.2 Å². The zero-order chi connectivity index (χ0) is 19.6. The smallest absolute Gasteiger partial charge is 0.254 e. The van der Waals surface area contributed by atoms with Gasteiger partial charge in [0.2, 0.25) is 15.6 Å². The zero-order valence-electron chi connectivity index (χ0n) is 15.5. The van der Waals surface area contributed by atoms with Crippen molar-refractivity contribution in [2.45, 2.75) is 18.7 Å². The number of carbonyl (C=O) groups is 1. The van der Waals surface area contributed by atoms with Crippen molar-refractivity contribution in [3.05, 3.63) is 40.2 Å². The van der Waals surface area contributed by atoms with Gasteiger partial charge in [0, 0.05) is 56.2 Å². The Morgan fingerprint density at radius 3 is 2.44 bits per heavy atom. The van der Waals surface area contributed by atoms with E-state index in [2.05, 4.69) is 10.3 Å². The van der Waals surface area contributed by atoms with E-state index in [1.165, 1.54) is 22.5 Å². The van der Waals surface area contributed by atoms with Gasteiger partial charge in [-0.15, -0.1) is 0 Å². The van der Waals surface area contributed by atoms with Crippen molar-refractivity contribution in [3.8, 4) is 0 Å². The zero-order valence-corrected chi connectivity index (χ0v) is 16.3. The fourth-order valence-electron chi connectivity index (χ4n) is 3.32. The molecule has 0 saturated carbocycles. The maximum absolute atomic E-state index is 13.0. The Morgan fingerprint density at radius 2 is 1.81 bits per heavy atom. The van der Waals surface area contributed by atoms with Crippen LogP contribution in [0.25, 0.3) is 10.9 Å². The molecule has 1 amide bonds. The summed E-state index contributed by atoms with van der Waals surface area (Å²) in [5.74, 6) is -0.259. The van der Waals surface area contributed by atoms with Gasteiger partial charge in [0.25, 0.3) is 5.91 Å². The highest BCUT2D eigenvalue weighted by Crippen LogP contribution is 2.23. The molecule has 0 spiro atoms. The van der Waals surface area contributed by atoms with Gasteiger partial charge in [-0.2, -0.15) is 4.31 Å². The van der Waals surface area contributed by atoms with Gasteiger partial charge in [0.15, 0.2) is 0 Å². The van der Waals surface area contributed by atoms with Crippen LogP contribution >= 0.6 is 0 Å². The van der Waals surface area contributed by atoms with Crippen LogP contribution in [0.1, 0.15) is 24.2 Å². The molecule has 1 fully saturated rings. The van der Waals surface area contributed by atoms with Crippen LogP contribution in [0.15, 0.2) is 34.0 Å². The topological polar surface area (TPSA) is 103 Å². The van der Waals surface area contributed by atoms with Crippen LogP contribution in [0.3, 0.4) is 0 Å². The molecule has 27 heavy (non-hydrogen) atoms. The third-order valence-corrected chi connectivity index (χ3v) is 6.84. The number of carbonyl (C=O) groups excluding carboxylic acids is 1. The lowest BCUT2D eigenvalue weighted by Gasteiger charge is -2.27. The second-order valence-electron chi connectivity index (χ2n) is 6.39. The van der Waals surface area contributed by atoms with Gasteiger partial charge < -0.3 is 15.2 Å². The maximum Gasteiger partial charge on any atom is 0.254 e. The Labute approximate surface area is 158 Å². The predicted octanol–water partition coefficient (Wildman–Crippen LogP) is 0.604.